The van der Waals surface area contributed by atoms with E-state index >= 15 is 0 Å². The number of hydrogen-bond donors (Lipinski definition) is 1. The zero-order valence-corrected chi connectivity index (χ0v) is 12.7. The van der Waals surface area contributed by atoms with Gasteiger partial charge in [0.15, 0.2) is 0 Å². The number of H-pyrrole nitrogens is 1. The normalized spacial score (nSPS) is 11.1. The molecule has 0 saturated carbocycles. The maximum absolute atomic E-state index is 5.40. The lowest BCUT2D eigenvalue weighted by molar-refractivity contribution is 0.128. The predicted octanol–water partition coefficient (Wildman–Crippen LogP) is 4.56. The molecule has 1 N–H and O–H groups in total. The van der Waals surface area contributed by atoms with Crippen molar-refractivity contribution < 1.29 is 4.74 Å². The Balaban J connectivity index is 2.11. The Morgan fingerprint density at radius 2 is 2.25 bits per heavy atom. The van der Waals surface area contributed by atoms with E-state index in [2.05, 4.69) is 39.6 Å². The predicted molar refractivity (Wildman–Crippen MR) is 85.6 cm³/mol. The number of rotatable bonds is 4. The fourth-order valence-electron chi connectivity index (χ4n) is 2.13. The van der Waals surface area contributed by atoms with Gasteiger partial charge in [0.05, 0.1) is 5.69 Å². The van der Waals surface area contributed by atoms with Gasteiger partial charge in [-0.3, -0.25) is 0 Å². The van der Waals surface area contributed by atoms with Crippen LogP contribution in [0.1, 0.15) is 12.7 Å². The van der Waals surface area contributed by atoms with Crippen LogP contribution in [0.3, 0.4) is 0 Å². The van der Waals surface area contributed by atoms with Crippen LogP contribution in [0.25, 0.3) is 21.3 Å². The largest absolute Gasteiger partial charge is 0.374 e. The Morgan fingerprint density at radius 3 is 3.10 bits per heavy atom. The first-order chi connectivity index (χ1) is 9.78. The molecule has 102 valence electrons. The van der Waals surface area contributed by atoms with Crippen molar-refractivity contribution in [2.75, 3.05) is 6.61 Å². The summed E-state index contributed by atoms with van der Waals surface area (Å²) in [5, 5.41) is 3.35. The van der Waals surface area contributed by atoms with Crippen LogP contribution in [0.2, 0.25) is 0 Å². The zero-order chi connectivity index (χ0) is 13.9. The third kappa shape index (κ3) is 2.65. The summed E-state index contributed by atoms with van der Waals surface area (Å²) in [6, 6.07) is 10.3. The topological polar surface area (TPSA) is 37.9 Å². The average molecular weight is 302 g/mol. The van der Waals surface area contributed by atoms with Gasteiger partial charge in [-0.2, -0.15) is 0 Å². The quantitative estimate of drug-likeness (QED) is 0.718. The molecule has 0 aliphatic heterocycles. The highest BCUT2D eigenvalue weighted by Crippen LogP contribution is 2.31. The minimum Gasteiger partial charge on any atom is -0.374 e. The molecule has 0 atom stereocenters. The van der Waals surface area contributed by atoms with E-state index in [1.54, 1.807) is 11.3 Å². The molecule has 0 amide bonds. The highest BCUT2D eigenvalue weighted by molar-refractivity contribution is 7.71. The number of fused-ring (bicyclic) bond motifs is 1. The Labute approximate surface area is 126 Å². The molecule has 0 fully saturated rings. The SMILES string of the molecule is CCOCc1nc(=S)cc(-c2cccc3ccsc23)[nH]1. The number of thiophene rings is 1. The number of benzene rings is 1. The summed E-state index contributed by atoms with van der Waals surface area (Å²) in [6.45, 7) is 3.08. The lowest BCUT2D eigenvalue weighted by Crippen LogP contribution is -2.00. The summed E-state index contributed by atoms with van der Waals surface area (Å²) < 4.78 is 7.24. The summed E-state index contributed by atoms with van der Waals surface area (Å²) in [6.07, 6.45) is 0. The Kier molecular flexibility index (Phi) is 3.91. The molecule has 0 aliphatic rings. The van der Waals surface area contributed by atoms with Gasteiger partial charge < -0.3 is 9.72 Å². The van der Waals surface area contributed by atoms with Crippen molar-refractivity contribution in [3.05, 3.63) is 46.2 Å². The van der Waals surface area contributed by atoms with E-state index in [0.717, 1.165) is 17.1 Å². The molecule has 3 aromatic rings. The summed E-state index contributed by atoms with van der Waals surface area (Å²) in [4.78, 5) is 7.62. The summed E-state index contributed by atoms with van der Waals surface area (Å²) in [5.74, 6) is 0.767. The molecule has 3 rings (SSSR count). The van der Waals surface area contributed by atoms with E-state index in [4.69, 9.17) is 17.0 Å². The van der Waals surface area contributed by atoms with Crippen LogP contribution in [-0.4, -0.2) is 16.6 Å². The molecule has 3 nitrogen and oxygen atoms in total. The molecular formula is C15H14N2OS2. The van der Waals surface area contributed by atoms with Gasteiger partial charge in [0.25, 0.3) is 0 Å². The van der Waals surface area contributed by atoms with Gasteiger partial charge in [-0.15, -0.1) is 11.3 Å². The molecule has 20 heavy (non-hydrogen) atoms. The third-order valence-electron chi connectivity index (χ3n) is 3.00. The van der Waals surface area contributed by atoms with Crippen LogP contribution < -0.4 is 0 Å². The first kappa shape index (κ1) is 13.4. The summed E-state index contributed by atoms with van der Waals surface area (Å²) in [7, 11) is 0. The number of aromatic amines is 1. The molecule has 1 aromatic carbocycles. The van der Waals surface area contributed by atoms with Gasteiger partial charge in [0.1, 0.15) is 17.1 Å². The Bertz CT molecular complexity index is 792. The number of hydrogen-bond acceptors (Lipinski definition) is 4. The monoisotopic (exact) mass is 302 g/mol. The summed E-state index contributed by atoms with van der Waals surface area (Å²) >= 11 is 6.99. The number of aromatic nitrogens is 2. The Hall–Kier alpha value is -1.56. The minimum atomic E-state index is 0.453. The fraction of sp³-hybridized carbons (Fsp3) is 0.200. The molecule has 0 saturated heterocycles. The van der Waals surface area contributed by atoms with Gasteiger partial charge in [0.2, 0.25) is 0 Å². The maximum atomic E-state index is 5.40. The molecule has 0 spiro atoms. The van der Waals surface area contributed by atoms with E-state index in [0.29, 0.717) is 17.9 Å². The minimum absolute atomic E-state index is 0.453. The fourth-order valence-corrected chi connectivity index (χ4v) is 3.28. The van der Waals surface area contributed by atoms with Crippen LogP contribution in [0.5, 0.6) is 0 Å². The first-order valence-electron chi connectivity index (χ1n) is 6.42. The van der Waals surface area contributed by atoms with Crippen molar-refractivity contribution in [1.29, 1.82) is 0 Å². The lowest BCUT2D eigenvalue weighted by atomic mass is 10.1. The van der Waals surface area contributed by atoms with E-state index in [1.165, 1.54) is 10.1 Å². The summed E-state index contributed by atoms with van der Waals surface area (Å²) in [5.41, 5.74) is 2.15. The van der Waals surface area contributed by atoms with Gasteiger partial charge in [0, 0.05) is 16.9 Å². The number of nitrogens with one attached hydrogen (secondary N) is 1. The molecule has 0 unspecified atom stereocenters. The molecule has 0 radical (unpaired) electrons. The van der Waals surface area contributed by atoms with E-state index in [-0.39, 0.29) is 0 Å². The van der Waals surface area contributed by atoms with Crippen molar-refractivity contribution in [3.8, 4) is 11.3 Å². The van der Waals surface area contributed by atoms with Crippen molar-refractivity contribution in [2.24, 2.45) is 0 Å². The van der Waals surface area contributed by atoms with Crippen LogP contribution in [-0.2, 0) is 11.3 Å². The van der Waals surface area contributed by atoms with E-state index in [9.17, 15) is 0 Å². The molecule has 0 bridgehead atoms. The van der Waals surface area contributed by atoms with Crippen LogP contribution in [0, 0.1) is 4.64 Å². The highest BCUT2D eigenvalue weighted by atomic mass is 32.1. The van der Waals surface area contributed by atoms with Crippen molar-refractivity contribution in [1.82, 2.24) is 9.97 Å². The van der Waals surface area contributed by atoms with Crippen LogP contribution in [0.4, 0.5) is 0 Å². The molecule has 2 heterocycles. The standard InChI is InChI=1S/C15H14N2OS2/c1-2-18-9-13-16-12(8-14(19)17-13)11-5-3-4-10-6-7-20-15(10)11/h3-8H,2,9H2,1H3,(H,16,17,19). The molecular weight excluding hydrogens is 288 g/mol. The van der Waals surface area contributed by atoms with Crippen molar-refractivity contribution in [2.45, 2.75) is 13.5 Å². The second kappa shape index (κ2) is 5.83. The second-order valence-electron chi connectivity index (χ2n) is 4.36. The second-order valence-corrected chi connectivity index (χ2v) is 5.70. The zero-order valence-electron chi connectivity index (χ0n) is 11.1. The molecule has 0 aliphatic carbocycles. The van der Waals surface area contributed by atoms with E-state index in [1.807, 2.05) is 13.0 Å². The van der Waals surface area contributed by atoms with Gasteiger partial charge in [-0.05, 0) is 29.8 Å². The lowest BCUT2D eigenvalue weighted by Gasteiger charge is -2.07. The smallest absolute Gasteiger partial charge is 0.134 e. The van der Waals surface area contributed by atoms with Crippen LogP contribution in [0.15, 0.2) is 35.7 Å². The Morgan fingerprint density at radius 1 is 1.35 bits per heavy atom. The van der Waals surface area contributed by atoms with Crippen molar-refractivity contribution >= 4 is 33.6 Å². The first-order valence-corrected chi connectivity index (χ1v) is 7.71. The maximum Gasteiger partial charge on any atom is 0.134 e. The average Bonchev–Trinajstić information content (AvgIpc) is 2.92. The van der Waals surface area contributed by atoms with Gasteiger partial charge in [-0.25, -0.2) is 4.98 Å². The number of nitrogens with zero attached hydrogens (tertiary/aromatic N) is 1. The third-order valence-corrected chi connectivity index (χ3v) is 4.18. The van der Waals surface area contributed by atoms with Crippen LogP contribution >= 0.6 is 23.6 Å². The van der Waals surface area contributed by atoms with Gasteiger partial charge in [-0.1, -0.05) is 30.4 Å². The molecule has 5 heteroatoms. The number of ether oxygens (including phenoxy) is 1. The van der Waals surface area contributed by atoms with Crippen molar-refractivity contribution in [3.63, 3.8) is 0 Å². The molecule has 2 aromatic heterocycles. The van der Waals surface area contributed by atoms with E-state index < -0.39 is 0 Å². The van der Waals surface area contributed by atoms with Gasteiger partial charge >= 0.3 is 0 Å². The highest BCUT2D eigenvalue weighted by Gasteiger charge is 2.07.